The van der Waals surface area contributed by atoms with Gasteiger partial charge >= 0.3 is 0 Å². The molecule has 1 aromatic carbocycles. The zero-order chi connectivity index (χ0) is 16.5. The molecule has 1 saturated heterocycles. The molecule has 1 saturated carbocycles. The summed E-state index contributed by atoms with van der Waals surface area (Å²) in [6.45, 7) is 3.85. The van der Waals surface area contributed by atoms with Crippen LogP contribution in [-0.2, 0) is 9.47 Å². The summed E-state index contributed by atoms with van der Waals surface area (Å²) in [5, 5.41) is 1.05. The molecule has 1 amide bonds. The number of hydrogen-bond donors (Lipinski definition) is 0. The number of pyridine rings is 1. The maximum atomic E-state index is 13.0. The lowest BCUT2D eigenvalue weighted by Gasteiger charge is -2.38. The van der Waals surface area contributed by atoms with Crippen molar-refractivity contribution in [2.75, 3.05) is 19.8 Å². The fourth-order valence-electron chi connectivity index (χ4n) is 3.89. The van der Waals surface area contributed by atoms with E-state index in [0.29, 0.717) is 25.5 Å². The molecule has 126 valence electrons. The second kappa shape index (κ2) is 6.49. The number of morpholine rings is 1. The third-order valence-corrected chi connectivity index (χ3v) is 4.99. The lowest BCUT2D eigenvalue weighted by molar-refractivity contribution is -0.102. The van der Waals surface area contributed by atoms with E-state index in [0.717, 1.165) is 23.7 Å². The SMILES string of the molecule is CCO[C@@H]1CC[C@H]2[C@H]1OCCN2C(=O)c1ccc2ccccc2n1. The molecule has 2 fully saturated rings. The predicted octanol–water partition coefficient (Wildman–Crippen LogP) is 2.64. The van der Waals surface area contributed by atoms with E-state index in [1.807, 2.05) is 48.2 Å². The van der Waals surface area contributed by atoms with Gasteiger partial charge in [0.2, 0.25) is 0 Å². The highest BCUT2D eigenvalue weighted by Gasteiger charge is 2.45. The topological polar surface area (TPSA) is 51.7 Å². The predicted molar refractivity (Wildman–Crippen MR) is 91.0 cm³/mol. The molecule has 24 heavy (non-hydrogen) atoms. The van der Waals surface area contributed by atoms with E-state index in [2.05, 4.69) is 4.98 Å². The minimum absolute atomic E-state index is 0.00352. The maximum Gasteiger partial charge on any atom is 0.272 e. The number of carbonyl (C=O) groups is 1. The highest BCUT2D eigenvalue weighted by atomic mass is 16.5. The number of nitrogens with zero attached hydrogens (tertiary/aromatic N) is 2. The van der Waals surface area contributed by atoms with E-state index >= 15 is 0 Å². The Morgan fingerprint density at radius 1 is 1.29 bits per heavy atom. The Bertz CT molecular complexity index is 748. The first-order valence-electron chi connectivity index (χ1n) is 8.68. The minimum Gasteiger partial charge on any atom is -0.376 e. The number of fused-ring (bicyclic) bond motifs is 2. The molecular formula is C19H22N2O3. The maximum absolute atomic E-state index is 13.0. The molecule has 5 heteroatoms. The third kappa shape index (κ3) is 2.68. The molecule has 3 atom stereocenters. The molecule has 2 heterocycles. The Hall–Kier alpha value is -1.98. The van der Waals surface area contributed by atoms with Gasteiger partial charge in [-0.25, -0.2) is 4.98 Å². The van der Waals surface area contributed by atoms with Crippen molar-refractivity contribution in [1.29, 1.82) is 0 Å². The first-order chi connectivity index (χ1) is 11.8. The van der Waals surface area contributed by atoms with Crippen molar-refractivity contribution in [2.24, 2.45) is 0 Å². The van der Waals surface area contributed by atoms with Crippen molar-refractivity contribution in [2.45, 2.75) is 38.0 Å². The number of amides is 1. The van der Waals surface area contributed by atoms with Crippen molar-refractivity contribution in [3.05, 3.63) is 42.1 Å². The second-order valence-corrected chi connectivity index (χ2v) is 6.36. The van der Waals surface area contributed by atoms with Crippen LogP contribution in [0.5, 0.6) is 0 Å². The smallest absolute Gasteiger partial charge is 0.272 e. The number of para-hydroxylation sites is 1. The monoisotopic (exact) mass is 326 g/mol. The van der Waals surface area contributed by atoms with Crippen LogP contribution >= 0.6 is 0 Å². The number of ether oxygens (including phenoxy) is 2. The molecule has 1 aliphatic carbocycles. The summed E-state index contributed by atoms with van der Waals surface area (Å²) in [6, 6.07) is 11.7. The Balaban J connectivity index is 1.58. The molecule has 0 N–H and O–H groups in total. The largest absolute Gasteiger partial charge is 0.376 e. The van der Waals surface area contributed by atoms with E-state index < -0.39 is 0 Å². The van der Waals surface area contributed by atoms with Gasteiger partial charge in [-0.05, 0) is 31.9 Å². The van der Waals surface area contributed by atoms with Gasteiger partial charge in [0, 0.05) is 18.5 Å². The van der Waals surface area contributed by atoms with Gasteiger partial charge in [-0.2, -0.15) is 0 Å². The van der Waals surface area contributed by atoms with Crippen molar-refractivity contribution in [3.63, 3.8) is 0 Å². The number of hydrogen-bond acceptors (Lipinski definition) is 4. The van der Waals surface area contributed by atoms with E-state index in [4.69, 9.17) is 9.47 Å². The Labute approximate surface area is 141 Å². The zero-order valence-corrected chi connectivity index (χ0v) is 13.9. The van der Waals surface area contributed by atoms with Gasteiger partial charge in [-0.3, -0.25) is 4.79 Å². The van der Waals surface area contributed by atoms with E-state index in [1.165, 1.54) is 0 Å². The lowest BCUT2D eigenvalue weighted by Crippen LogP contribution is -2.54. The summed E-state index contributed by atoms with van der Waals surface area (Å²) < 4.78 is 11.7. The minimum atomic E-state index is -0.0110. The quantitative estimate of drug-likeness (QED) is 0.870. The molecule has 0 radical (unpaired) electrons. The highest BCUT2D eigenvalue weighted by Crippen LogP contribution is 2.33. The lowest BCUT2D eigenvalue weighted by atomic mass is 10.1. The van der Waals surface area contributed by atoms with Crippen LogP contribution in [0.25, 0.3) is 10.9 Å². The number of benzene rings is 1. The molecule has 2 aromatic rings. The van der Waals surface area contributed by atoms with Gasteiger partial charge < -0.3 is 14.4 Å². The van der Waals surface area contributed by atoms with Crippen molar-refractivity contribution >= 4 is 16.8 Å². The standard InChI is InChI=1S/C19H22N2O3/c1-2-23-17-10-9-16-18(17)24-12-11-21(16)19(22)15-8-7-13-5-3-4-6-14(13)20-15/h3-8,16-18H,2,9-12H2,1H3/t16-,17+,18+/m0/s1. The van der Waals surface area contributed by atoms with E-state index in [-0.39, 0.29) is 24.2 Å². The molecule has 1 aliphatic heterocycles. The summed E-state index contributed by atoms with van der Waals surface area (Å²) in [5.74, 6) is -0.00352. The number of aromatic nitrogens is 1. The van der Waals surface area contributed by atoms with Gasteiger partial charge in [0.05, 0.1) is 24.3 Å². The van der Waals surface area contributed by atoms with Crippen LogP contribution in [0.1, 0.15) is 30.3 Å². The Morgan fingerprint density at radius 2 is 2.17 bits per heavy atom. The van der Waals surface area contributed by atoms with Crippen LogP contribution in [0.2, 0.25) is 0 Å². The third-order valence-electron chi connectivity index (χ3n) is 4.99. The van der Waals surface area contributed by atoms with Crippen LogP contribution in [0.4, 0.5) is 0 Å². The average Bonchev–Trinajstić information content (AvgIpc) is 3.04. The molecule has 1 aromatic heterocycles. The summed E-state index contributed by atoms with van der Waals surface area (Å²) in [5.41, 5.74) is 1.36. The fraction of sp³-hybridized carbons (Fsp3) is 0.474. The molecule has 0 spiro atoms. The first kappa shape index (κ1) is 15.5. The average molecular weight is 326 g/mol. The molecular weight excluding hydrogens is 304 g/mol. The van der Waals surface area contributed by atoms with E-state index in [1.54, 1.807) is 0 Å². The van der Waals surface area contributed by atoms with Gasteiger partial charge in [0.1, 0.15) is 11.8 Å². The zero-order valence-electron chi connectivity index (χ0n) is 13.9. The highest BCUT2D eigenvalue weighted by molar-refractivity contribution is 5.95. The van der Waals surface area contributed by atoms with Crippen LogP contribution in [0, 0.1) is 0 Å². The normalized spacial score (nSPS) is 26.5. The Morgan fingerprint density at radius 3 is 3.04 bits per heavy atom. The summed E-state index contributed by atoms with van der Waals surface area (Å²) in [4.78, 5) is 19.5. The fourth-order valence-corrected chi connectivity index (χ4v) is 3.89. The summed E-state index contributed by atoms with van der Waals surface area (Å²) in [7, 11) is 0. The van der Waals surface area contributed by atoms with Crippen molar-refractivity contribution in [1.82, 2.24) is 9.88 Å². The van der Waals surface area contributed by atoms with Crippen LogP contribution in [-0.4, -0.2) is 53.8 Å². The van der Waals surface area contributed by atoms with Gasteiger partial charge in [-0.1, -0.05) is 24.3 Å². The van der Waals surface area contributed by atoms with Gasteiger partial charge in [-0.15, -0.1) is 0 Å². The van der Waals surface area contributed by atoms with Crippen LogP contribution in [0.15, 0.2) is 36.4 Å². The van der Waals surface area contributed by atoms with Crippen LogP contribution in [0.3, 0.4) is 0 Å². The molecule has 2 aliphatic rings. The second-order valence-electron chi connectivity index (χ2n) is 6.36. The Kier molecular flexibility index (Phi) is 4.21. The number of carbonyl (C=O) groups excluding carboxylic acids is 1. The van der Waals surface area contributed by atoms with Crippen LogP contribution < -0.4 is 0 Å². The van der Waals surface area contributed by atoms with Gasteiger partial charge in [0.15, 0.2) is 0 Å². The van der Waals surface area contributed by atoms with Gasteiger partial charge in [0.25, 0.3) is 5.91 Å². The first-order valence-corrected chi connectivity index (χ1v) is 8.68. The van der Waals surface area contributed by atoms with Crippen molar-refractivity contribution in [3.8, 4) is 0 Å². The molecule has 0 unspecified atom stereocenters. The molecule has 5 nitrogen and oxygen atoms in total. The van der Waals surface area contributed by atoms with Crippen molar-refractivity contribution < 1.29 is 14.3 Å². The van der Waals surface area contributed by atoms with E-state index in [9.17, 15) is 4.79 Å². The number of rotatable bonds is 3. The summed E-state index contributed by atoms with van der Waals surface area (Å²) >= 11 is 0. The molecule has 0 bridgehead atoms. The molecule has 4 rings (SSSR count). The summed E-state index contributed by atoms with van der Waals surface area (Å²) in [6.07, 6.45) is 1.95.